The fourth-order valence-corrected chi connectivity index (χ4v) is 1.69. The predicted molar refractivity (Wildman–Crippen MR) is 56.0 cm³/mol. The van der Waals surface area contributed by atoms with Crippen LogP contribution in [0.5, 0.6) is 0 Å². The van der Waals surface area contributed by atoms with E-state index in [9.17, 15) is 4.79 Å². The van der Waals surface area contributed by atoms with Gasteiger partial charge in [-0.25, -0.2) is 0 Å². The van der Waals surface area contributed by atoms with Gasteiger partial charge in [0.15, 0.2) is 0 Å². The molecule has 0 aromatic carbocycles. The first-order valence-corrected chi connectivity index (χ1v) is 5.56. The van der Waals surface area contributed by atoms with E-state index in [0.717, 1.165) is 25.9 Å². The Balaban J connectivity index is 2.24. The number of ether oxygens (including phenoxy) is 1. The summed E-state index contributed by atoms with van der Waals surface area (Å²) in [5, 5.41) is 11.6. The Bertz CT molecular complexity index is 241. The standard InChI is InChI=1S/C11H18N2O2/c1-2-4-9(7-12)11(14)13-8-10-5-3-6-15-10/h9-10H,2-6,8H2,1H3,(H,13,14). The van der Waals surface area contributed by atoms with E-state index in [4.69, 9.17) is 10.00 Å². The molecular weight excluding hydrogens is 192 g/mol. The highest BCUT2D eigenvalue weighted by molar-refractivity contribution is 5.80. The summed E-state index contributed by atoms with van der Waals surface area (Å²) >= 11 is 0. The van der Waals surface area contributed by atoms with Crippen LogP contribution in [0.1, 0.15) is 32.6 Å². The van der Waals surface area contributed by atoms with E-state index >= 15 is 0 Å². The van der Waals surface area contributed by atoms with Gasteiger partial charge in [-0.2, -0.15) is 5.26 Å². The van der Waals surface area contributed by atoms with Crippen molar-refractivity contribution in [2.75, 3.05) is 13.2 Å². The number of nitrogens with one attached hydrogen (secondary N) is 1. The van der Waals surface area contributed by atoms with Gasteiger partial charge in [0.05, 0.1) is 12.2 Å². The van der Waals surface area contributed by atoms with Crippen molar-refractivity contribution in [2.45, 2.75) is 38.7 Å². The number of nitriles is 1. The lowest BCUT2D eigenvalue weighted by atomic mass is 10.0. The van der Waals surface area contributed by atoms with Crippen molar-refractivity contribution < 1.29 is 9.53 Å². The zero-order valence-electron chi connectivity index (χ0n) is 9.16. The number of rotatable bonds is 5. The molecule has 1 rings (SSSR count). The van der Waals surface area contributed by atoms with Crippen molar-refractivity contribution >= 4 is 5.91 Å². The topological polar surface area (TPSA) is 62.1 Å². The van der Waals surface area contributed by atoms with Gasteiger partial charge in [-0.15, -0.1) is 0 Å². The average Bonchev–Trinajstić information content (AvgIpc) is 2.75. The van der Waals surface area contributed by atoms with Crippen molar-refractivity contribution in [1.82, 2.24) is 5.32 Å². The minimum absolute atomic E-state index is 0.148. The fourth-order valence-electron chi connectivity index (χ4n) is 1.69. The molecule has 0 aliphatic carbocycles. The van der Waals surface area contributed by atoms with Gasteiger partial charge in [0, 0.05) is 13.2 Å². The first kappa shape index (κ1) is 12.0. The van der Waals surface area contributed by atoms with Crippen molar-refractivity contribution in [3.63, 3.8) is 0 Å². The van der Waals surface area contributed by atoms with Crippen molar-refractivity contribution in [3.8, 4) is 6.07 Å². The number of carbonyl (C=O) groups excluding carboxylic acids is 1. The highest BCUT2D eigenvalue weighted by Gasteiger charge is 2.20. The molecule has 2 unspecified atom stereocenters. The van der Waals surface area contributed by atoms with Gasteiger partial charge in [-0.05, 0) is 19.3 Å². The van der Waals surface area contributed by atoms with E-state index in [2.05, 4.69) is 5.32 Å². The van der Waals surface area contributed by atoms with Crippen LogP contribution in [0.15, 0.2) is 0 Å². The molecule has 0 bridgehead atoms. The second-order valence-corrected chi connectivity index (χ2v) is 3.85. The average molecular weight is 210 g/mol. The third-order valence-corrected chi connectivity index (χ3v) is 2.58. The minimum atomic E-state index is -0.503. The van der Waals surface area contributed by atoms with Gasteiger partial charge >= 0.3 is 0 Å². The summed E-state index contributed by atoms with van der Waals surface area (Å²) in [5.41, 5.74) is 0. The molecule has 1 heterocycles. The van der Waals surface area contributed by atoms with Crippen LogP contribution in [0, 0.1) is 17.2 Å². The van der Waals surface area contributed by atoms with Crippen LogP contribution in [0.25, 0.3) is 0 Å². The molecule has 0 spiro atoms. The Labute approximate surface area is 90.6 Å². The van der Waals surface area contributed by atoms with Gasteiger partial charge in [0.25, 0.3) is 0 Å². The molecule has 1 saturated heterocycles. The maximum Gasteiger partial charge on any atom is 0.237 e. The van der Waals surface area contributed by atoms with E-state index in [-0.39, 0.29) is 12.0 Å². The van der Waals surface area contributed by atoms with Gasteiger partial charge in [-0.1, -0.05) is 13.3 Å². The Hall–Kier alpha value is -1.08. The first-order chi connectivity index (χ1) is 7.27. The molecule has 0 radical (unpaired) electrons. The third kappa shape index (κ3) is 3.88. The summed E-state index contributed by atoms with van der Waals surface area (Å²) in [5.74, 6) is -0.661. The third-order valence-electron chi connectivity index (χ3n) is 2.58. The molecule has 1 amide bonds. The van der Waals surface area contributed by atoms with Crippen molar-refractivity contribution in [2.24, 2.45) is 5.92 Å². The highest BCUT2D eigenvalue weighted by Crippen LogP contribution is 2.11. The van der Waals surface area contributed by atoms with Crippen molar-refractivity contribution in [1.29, 1.82) is 5.26 Å². The van der Waals surface area contributed by atoms with E-state index < -0.39 is 5.92 Å². The van der Waals surface area contributed by atoms with Gasteiger partial charge in [-0.3, -0.25) is 4.79 Å². The highest BCUT2D eigenvalue weighted by atomic mass is 16.5. The van der Waals surface area contributed by atoms with Gasteiger partial charge in [0.1, 0.15) is 5.92 Å². The molecule has 0 aromatic heterocycles. The van der Waals surface area contributed by atoms with E-state index in [0.29, 0.717) is 13.0 Å². The maximum absolute atomic E-state index is 11.5. The number of nitrogens with zero attached hydrogens (tertiary/aromatic N) is 1. The Morgan fingerprint density at radius 2 is 2.53 bits per heavy atom. The number of hydrogen-bond acceptors (Lipinski definition) is 3. The van der Waals surface area contributed by atoms with Crippen LogP contribution in [0.4, 0.5) is 0 Å². The lowest BCUT2D eigenvalue weighted by Gasteiger charge is -2.12. The smallest absolute Gasteiger partial charge is 0.237 e. The molecule has 1 aliphatic heterocycles. The summed E-state index contributed by atoms with van der Waals surface area (Å²) in [6.07, 6.45) is 3.71. The van der Waals surface area contributed by atoms with Crippen LogP contribution >= 0.6 is 0 Å². The number of amides is 1. The molecule has 4 heteroatoms. The summed E-state index contributed by atoms with van der Waals surface area (Å²) in [6.45, 7) is 3.30. The number of carbonyl (C=O) groups is 1. The molecule has 4 nitrogen and oxygen atoms in total. The van der Waals surface area contributed by atoms with Crippen LogP contribution in [0.2, 0.25) is 0 Å². The van der Waals surface area contributed by atoms with Crippen LogP contribution < -0.4 is 5.32 Å². The molecular formula is C11H18N2O2. The molecule has 0 saturated carbocycles. The summed E-state index contributed by atoms with van der Waals surface area (Å²) < 4.78 is 5.38. The van der Waals surface area contributed by atoms with Crippen LogP contribution in [-0.2, 0) is 9.53 Å². The summed E-state index contributed by atoms with van der Waals surface area (Å²) in [6, 6.07) is 2.03. The zero-order chi connectivity index (χ0) is 11.1. The van der Waals surface area contributed by atoms with Crippen LogP contribution in [-0.4, -0.2) is 25.2 Å². The molecule has 1 N–H and O–H groups in total. The molecule has 2 atom stereocenters. The molecule has 84 valence electrons. The van der Waals surface area contributed by atoms with Crippen LogP contribution in [0.3, 0.4) is 0 Å². The Morgan fingerprint density at radius 3 is 3.07 bits per heavy atom. The second-order valence-electron chi connectivity index (χ2n) is 3.85. The van der Waals surface area contributed by atoms with Crippen molar-refractivity contribution in [3.05, 3.63) is 0 Å². The first-order valence-electron chi connectivity index (χ1n) is 5.56. The lowest BCUT2D eigenvalue weighted by Crippen LogP contribution is -2.35. The minimum Gasteiger partial charge on any atom is -0.376 e. The Morgan fingerprint density at radius 1 is 1.73 bits per heavy atom. The predicted octanol–water partition coefficient (Wildman–Crippen LogP) is 1.22. The SMILES string of the molecule is CCCC(C#N)C(=O)NCC1CCCO1. The van der Waals surface area contributed by atoms with Gasteiger partial charge in [0.2, 0.25) is 5.91 Å². The molecule has 15 heavy (non-hydrogen) atoms. The van der Waals surface area contributed by atoms with Gasteiger partial charge < -0.3 is 10.1 Å². The molecule has 0 aromatic rings. The fraction of sp³-hybridized carbons (Fsp3) is 0.818. The lowest BCUT2D eigenvalue weighted by molar-refractivity contribution is -0.124. The second kappa shape index (κ2) is 6.41. The Kier molecular flexibility index (Phi) is 5.13. The summed E-state index contributed by atoms with van der Waals surface area (Å²) in [7, 11) is 0. The van der Waals surface area contributed by atoms with E-state index in [1.165, 1.54) is 0 Å². The quantitative estimate of drug-likeness (QED) is 0.742. The zero-order valence-corrected chi connectivity index (χ0v) is 9.16. The normalized spacial score (nSPS) is 22.0. The monoisotopic (exact) mass is 210 g/mol. The number of hydrogen-bond donors (Lipinski definition) is 1. The summed E-state index contributed by atoms with van der Waals surface area (Å²) in [4.78, 5) is 11.5. The molecule has 1 fully saturated rings. The largest absolute Gasteiger partial charge is 0.376 e. The van der Waals surface area contributed by atoms with E-state index in [1.807, 2.05) is 13.0 Å². The van der Waals surface area contributed by atoms with E-state index in [1.54, 1.807) is 0 Å². The maximum atomic E-state index is 11.5. The molecule has 1 aliphatic rings.